The molecular weight excluding hydrogens is 488 g/mol. The molecule has 0 radical (unpaired) electrons. The van der Waals surface area contributed by atoms with Crippen LogP contribution in [-0.2, 0) is 9.53 Å². The Labute approximate surface area is 231 Å². The Morgan fingerprint density at radius 3 is 1.90 bits per heavy atom. The van der Waals surface area contributed by atoms with Gasteiger partial charge in [0.15, 0.2) is 5.78 Å². The first kappa shape index (κ1) is 28.1. The minimum atomic E-state index is -0.826. The summed E-state index contributed by atoms with van der Waals surface area (Å²) >= 11 is 0. The van der Waals surface area contributed by atoms with Crippen molar-refractivity contribution in [2.75, 3.05) is 6.61 Å². The molecule has 6 heteroatoms. The fourth-order valence-electron chi connectivity index (χ4n) is 5.17. The molecule has 0 spiro atoms. The summed E-state index contributed by atoms with van der Waals surface area (Å²) < 4.78 is 5.69. The predicted molar refractivity (Wildman–Crippen MR) is 154 cm³/mol. The quantitative estimate of drug-likeness (QED) is 0.305. The molecule has 0 fully saturated rings. The Morgan fingerprint density at radius 2 is 1.36 bits per heavy atom. The SMILES string of the molecule is Cc1ccc(C(=O)[C@@H](NC(=O)[C@H](CC(C)C)NC(=O)OCC2c3ccccc3-c3ccccc32)C(C)C)cc1. The number of amides is 2. The molecule has 3 aromatic carbocycles. The van der Waals surface area contributed by atoms with Crippen molar-refractivity contribution in [1.29, 1.82) is 0 Å². The number of rotatable bonds is 10. The summed E-state index contributed by atoms with van der Waals surface area (Å²) in [7, 11) is 0. The van der Waals surface area contributed by atoms with Crippen LogP contribution in [0.25, 0.3) is 11.1 Å². The molecule has 204 valence electrons. The molecule has 0 aliphatic heterocycles. The second kappa shape index (κ2) is 12.3. The average molecular weight is 527 g/mol. The number of ketones is 1. The van der Waals surface area contributed by atoms with E-state index in [2.05, 4.69) is 34.9 Å². The fraction of sp³-hybridized carbons (Fsp3) is 0.364. The lowest BCUT2D eigenvalue weighted by Crippen LogP contribution is -2.53. The first-order chi connectivity index (χ1) is 18.7. The minimum absolute atomic E-state index is 0.0713. The van der Waals surface area contributed by atoms with Crippen LogP contribution in [0.2, 0.25) is 0 Å². The summed E-state index contributed by atoms with van der Waals surface area (Å²) in [6.45, 7) is 9.88. The van der Waals surface area contributed by atoms with Gasteiger partial charge in [0.2, 0.25) is 5.91 Å². The fourth-order valence-corrected chi connectivity index (χ4v) is 5.17. The number of fused-ring (bicyclic) bond motifs is 3. The van der Waals surface area contributed by atoms with Gasteiger partial charge in [-0.15, -0.1) is 0 Å². The third kappa shape index (κ3) is 6.56. The van der Waals surface area contributed by atoms with Crippen molar-refractivity contribution in [3.8, 4) is 11.1 Å². The molecule has 3 aromatic rings. The van der Waals surface area contributed by atoms with Crippen molar-refractivity contribution in [2.45, 2.75) is 59.0 Å². The molecule has 2 amide bonds. The highest BCUT2D eigenvalue weighted by molar-refractivity contribution is 6.02. The number of benzene rings is 3. The Kier molecular flexibility index (Phi) is 8.85. The number of alkyl carbamates (subject to hydrolysis) is 1. The topological polar surface area (TPSA) is 84.5 Å². The van der Waals surface area contributed by atoms with Crippen molar-refractivity contribution < 1.29 is 19.1 Å². The zero-order valence-corrected chi connectivity index (χ0v) is 23.4. The summed E-state index contributed by atoms with van der Waals surface area (Å²) in [5, 5.41) is 5.67. The molecule has 39 heavy (non-hydrogen) atoms. The molecule has 6 nitrogen and oxygen atoms in total. The van der Waals surface area contributed by atoms with Crippen LogP contribution in [0.1, 0.15) is 67.1 Å². The summed E-state index contributed by atoms with van der Waals surface area (Å²) in [6, 6.07) is 22.1. The Morgan fingerprint density at radius 1 is 0.795 bits per heavy atom. The van der Waals surface area contributed by atoms with Crippen LogP contribution in [0.3, 0.4) is 0 Å². The minimum Gasteiger partial charge on any atom is -0.449 e. The third-order valence-electron chi connectivity index (χ3n) is 7.24. The highest BCUT2D eigenvalue weighted by Gasteiger charge is 2.32. The second-order valence-electron chi connectivity index (χ2n) is 11.1. The molecule has 0 unspecified atom stereocenters. The number of carbonyl (C=O) groups excluding carboxylic acids is 3. The van der Waals surface area contributed by atoms with Gasteiger partial charge in [-0.1, -0.05) is 106 Å². The van der Waals surface area contributed by atoms with E-state index in [0.717, 1.165) is 27.8 Å². The third-order valence-corrected chi connectivity index (χ3v) is 7.24. The summed E-state index contributed by atoms with van der Waals surface area (Å²) in [6.07, 6.45) is -0.233. The van der Waals surface area contributed by atoms with Gasteiger partial charge >= 0.3 is 6.09 Å². The highest BCUT2D eigenvalue weighted by Crippen LogP contribution is 2.44. The normalized spacial score (nSPS) is 13.9. The van der Waals surface area contributed by atoms with E-state index in [1.165, 1.54) is 0 Å². The van der Waals surface area contributed by atoms with E-state index in [1.54, 1.807) is 12.1 Å². The van der Waals surface area contributed by atoms with E-state index in [9.17, 15) is 14.4 Å². The number of aryl methyl sites for hydroxylation is 1. The predicted octanol–water partition coefficient (Wildman–Crippen LogP) is 6.27. The lowest BCUT2D eigenvalue weighted by molar-refractivity contribution is -0.124. The number of Topliss-reactive ketones (excluding diaryl/α,β-unsaturated/α-hetero) is 1. The van der Waals surface area contributed by atoms with Crippen LogP contribution >= 0.6 is 0 Å². The molecule has 4 rings (SSSR count). The van der Waals surface area contributed by atoms with Crippen molar-refractivity contribution in [2.24, 2.45) is 11.8 Å². The van der Waals surface area contributed by atoms with Gasteiger partial charge in [0.05, 0.1) is 6.04 Å². The molecule has 0 saturated heterocycles. The average Bonchev–Trinajstić information content (AvgIpc) is 3.23. The molecule has 2 N–H and O–H groups in total. The molecule has 0 heterocycles. The van der Waals surface area contributed by atoms with Crippen LogP contribution in [0.5, 0.6) is 0 Å². The van der Waals surface area contributed by atoms with Crippen molar-refractivity contribution in [3.05, 3.63) is 95.1 Å². The Balaban J connectivity index is 1.43. The van der Waals surface area contributed by atoms with E-state index in [1.807, 2.05) is 71.0 Å². The van der Waals surface area contributed by atoms with Gasteiger partial charge in [0.1, 0.15) is 12.6 Å². The summed E-state index contributed by atoms with van der Waals surface area (Å²) in [5.74, 6) is -0.603. The van der Waals surface area contributed by atoms with E-state index in [-0.39, 0.29) is 30.1 Å². The zero-order valence-electron chi connectivity index (χ0n) is 23.4. The Hall–Kier alpha value is -3.93. The molecular formula is C33H38N2O4. The molecule has 0 aromatic heterocycles. The van der Waals surface area contributed by atoms with Crippen LogP contribution < -0.4 is 10.6 Å². The maximum Gasteiger partial charge on any atom is 0.407 e. The van der Waals surface area contributed by atoms with Gasteiger partial charge in [-0.2, -0.15) is 0 Å². The zero-order chi connectivity index (χ0) is 28.1. The monoisotopic (exact) mass is 526 g/mol. The highest BCUT2D eigenvalue weighted by atomic mass is 16.5. The molecule has 1 aliphatic carbocycles. The largest absolute Gasteiger partial charge is 0.449 e. The summed E-state index contributed by atoms with van der Waals surface area (Å²) in [4.78, 5) is 39.5. The standard InChI is InChI=1S/C33H38N2O4/c1-20(2)18-29(32(37)35-30(21(3)4)31(36)23-16-14-22(5)15-17-23)34-33(38)39-19-28-26-12-8-6-10-24(26)25-11-7-9-13-27(25)28/h6-17,20-21,28-30H,18-19H2,1-5H3,(H,34,38)(H,35,37)/t29-,30-/m0/s1. The van der Waals surface area contributed by atoms with E-state index in [4.69, 9.17) is 4.74 Å². The maximum atomic E-state index is 13.4. The van der Waals surface area contributed by atoms with E-state index in [0.29, 0.717) is 12.0 Å². The summed E-state index contributed by atoms with van der Waals surface area (Å²) in [5.41, 5.74) is 6.15. The molecule has 2 atom stereocenters. The number of ether oxygens (including phenoxy) is 1. The van der Waals surface area contributed by atoms with Gasteiger partial charge in [-0.3, -0.25) is 9.59 Å². The molecule has 1 aliphatic rings. The van der Waals surface area contributed by atoms with Crippen LogP contribution in [0.15, 0.2) is 72.8 Å². The lowest BCUT2D eigenvalue weighted by atomic mass is 9.93. The van der Waals surface area contributed by atoms with Gasteiger partial charge in [-0.25, -0.2) is 4.79 Å². The van der Waals surface area contributed by atoms with Gasteiger partial charge < -0.3 is 15.4 Å². The van der Waals surface area contributed by atoms with Gasteiger partial charge in [-0.05, 0) is 47.4 Å². The molecule has 0 bridgehead atoms. The first-order valence-electron chi connectivity index (χ1n) is 13.7. The van der Waals surface area contributed by atoms with Crippen LogP contribution in [-0.4, -0.2) is 36.5 Å². The first-order valence-corrected chi connectivity index (χ1v) is 13.7. The number of hydrogen-bond acceptors (Lipinski definition) is 4. The second-order valence-corrected chi connectivity index (χ2v) is 11.1. The number of carbonyl (C=O) groups is 3. The lowest BCUT2D eigenvalue weighted by Gasteiger charge is -2.26. The van der Waals surface area contributed by atoms with Crippen LogP contribution in [0.4, 0.5) is 4.79 Å². The van der Waals surface area contributed by atoms with Gasteiger partial charge in [0.25, 0.3) is 0 Å². The van der Waals surface area contributed by atoms with Gasteiger partial charge in [0, 0.05) is 11.5 Å². The Bertz CT molecular complexity index is 1280. The smallest absolute Gasteiger partial charge is 0.407 e. The van der Waals surface area contributed by atoms with E-state index >= 15 is 0 Å². The van der Waals surface area contributed by atoms with Crippen molar-refractivity contribution in [1.82, 2.24) is 10.6 Å². The molecule has 0 saturated carbocycles. The van der Waals surface area contributed by atoms with Crippen molar-refractivity contribution >= 4 is 17.8 Å². The van der Waals surface area contributed by atoms with Crippen molar-refractivity contribution in [3.63, 3.8) is 0 Å². The number of nitrogens with one attached hydrogen (secondary N) is 2. The van der Waals surface area contributed by atoms with Crippen LogP contribution in [0, 0.1) is 18.8 Å². The maximum absolute atomic E-state index is 13.4. The number of hydrogen-bond donors (Lipinski definition) is 2. The van der Waals surface area contributed by atoms with E-state index < -0.39 is 24.1 Å².